The van der Waals surface area contributed by atoms with Crippen LogP contribution in [0.4, 0.5) is 0 Å². The smallest absolute Gasteiger partial charge is 0.136 e. The van der Waals surface area contributed by atoms with E-state index in [-0.39, 0.29) is 5.92 Å². The number of carbonyl (C=O) groups excluding carboxylic acids is 1. The van der Waals surface area contributed by atoms with Crippen molar-refractivity contribution in [2.45, 2.75) is 38.5 Å². The lowest BCUT2D eigenvalue weighted by atomic mass is 10.0. The third-order valence-electron chi connectivity index (χ3n) is 3.99. The van der Waals surface area contributed by atoms with Gasteiger partial charge in [0.05, 0.1) is 0 Å². The molecule has 1 nitrogen and oxygen atoms in total. The monoisotopic (exact) mass is 280 g/mol. The largest absolute Gasteiger partial charge is 0.299 e. The van der Waals surface area contributed by atoms with Crippen LogP contribution in [0.25, 0.3) is 0 Å². The van der Waals surface area contributed by atoms with Crippen LogP contribution >= 0.6 is 0 Å². The van der Waals surface area contributed by atoms with Crippen LogP contribution in [-0.2, 0) is 4.79 Å². The molecule has 1 fully saturated rings. The Kier molecular flexibility index (Phi) is 5.74. The van der Waals surface area contributed by atoms with E-state index in [1.54, 1.807) is 0 Å². The van der Waals surface area contributed by atoms with Crippen molar-refractivity contribution in [1.29, 1.82) is 0 Å². The van der Waals surface area contributed by atoms with E-state index in [4.69, 9.17) is 0 Å². The number of allylic oxidation sites excluding steroid dienone is 5. The Labute approximate surface area is 128 Å². The molecule has 0 amide bonds. The van der Waals surface area contributed by atoms with Gasteiger partial charge in [-0.15, -0.1) is 0 Å². The molecule has 110 valence electrons. The molecule has 2 atom stereocenters. The number of hydrogen-bond acceptors (Lipinski definition) is 1. The van der Waals surface area contributed by atoms with Gasteiger partial charge in [-0.1, -0.05) is 66.8 Å². The third-order valence-corrected chi connectivity index (χ3v) is 3.99. The van der Waals surface area contributed by atoms with Crippen LogP contribution in [0.1, 0.15) is 44.1 Å². The molecule has 21 heavy (non-hydrogen) atoms. The van der Waals surface area contributed by atoms with E-state index in [9.17, 15) is 4.79 Å². The lowest BCUT2D eigenvalue weighted by molar-refractivity contribution is -0.120. The lowest BCUT2D eigenvalue weighted by Gasteiger charge is -2.02. The molecule has 1 saturated carbocycles. The van der Waals surface area contributed by atoms with Crippen molar-refractivity contribution < 1.29 is 4.79 Å². The van der Waals surface area contributed by atoms with Gasteiger partial charge < -0.3 is 0 Å². The Morgan fingerprint density at radius 3 is 2.71 bits per heavy atom. The van der Waals surface area contributed by atoms with Crippen LogP contribution in [0, 0.1) is 5.92 Å². The molecule has 0 spiro atoms. The molecule has 1 aromatic rings. The summed E-state index contributed by atoms with van der Waals surface area (Å²) in [4.78, 5) is 12.2. The molecule has 2 unspecified atom stereocenters. The summed E-state index contributed by atoms with van der Waals surface area (Å²) in [6, 6.07) is 10.4. The summed E-state index contributed by atoms with van der Waals surface area (Å²) < 4.78 is 0. The molecule has 0 heterocycles. The van der Waals surface area contributed by atoms with Crippen LogP contribution in [0.15, 0.2) is 66.8 Å². The zero-order valence-corrected chi connectivity index (χ0v) is 12.8. The maximum absolute atomic E-state index is 12.2. The molecule has 1 aromatic carbocycles. The van der Waals surface area contributed by atoms with Gasteiger partial charge in [-0.25, -0.2) is 0 Å². The summed E-state index contributed by atoms with van der Waals surface area (Å²) in [5.74, 6) is 1.16. The van der Waals surface area contributed by atoms with Crippen molar-refractivity contribution in [3.8, 4) is 0 Å². The summed E-state index contributed by atoms with van der Waals surface area (Å²) >= 11 is 0. The molecule has 1 aliphatic carbocycles. The second-order valence-corrected chi connectivity index (χ2v) is 5.72. The summed E-state index contributed by atoms with van der Waals surface area (Å²) in [6.45, 7) is 6.01. The number of Topliss-reactive ketones (excluding diaryl/α,β-unsaturated/α-hetero) is 1. The van der Waals surface area contributed by atoms with Gasteiger partial charge in [-0.3, -0.25) is 4.79 Å². The van der Waals surface area contributed by atoms with E-state index in [0.717, 1.165) is 24.8 Å². The van der Waals surface area contributed by atoms with Gasteiger partial charge in [0.15, 0.2) is 0 Å². The van der Waals surface area contributed by atoms with E-state index in [1.807, 2.05) is 37.3 Å². The number of carbonyl (C=O) groups is 1. The predicted molar refractivity (Wildman–Crippen MR) is 89.2 cm³/mol. The molecule has 2 rings (SSSR count). The maximum Gasteiger partial charge on any atom is 0.136 e. The Balaban J connectivity index is 1.69. The van der Waals surface area contributed by atoms with Gasteiger partial charge in [0.25, 0.3) is 0 Å². The highest BCUT2D eigenvalue weighted by Crippen LogP contribution is 2.48. The van der Waals surface area contributed by atoms with Gasteiger partial charge >= 0.3 is 0 Å². The molecule has 0 saturated heterocycles. The van der Waals surface area contributed by atoms with Crippen molar-refractivity contribution in [1.82, 2.24) is 0 Å². The normalized spacial score (nSPS) is 21.0. The highest BCUT2D eigenvalue weighted by atomic mass is 16.1. The quantitative estimate of drug-likeness (QED) is 0.597. The molecule has 0 radical (unpaired) electrons. The lowest BCUT2D eigenvalue weighted by Crippen LogP contribution is -2.02. The van der Waals surface area contributed by atoms with Gasteiger partial charge in [0.2, 0.25) is 0 Å². The second-order valence-electron chi connectivity index (χ2n) is 5.72. The minimum absolute atomic E-state index is 0.263. The van der Waals surface area contributed by atoms with Crippen molar-refractivity contribution >= 4 is 5.78 Å². The molecule has 0 aromatic heterocycles. The summed E-state index contributed by atoms with van der Waals surface area (Å²) in [5, 5.41) is 0. The average molecular weight is 280 g/mol. The number of ketones is 1. The Hall–Kier alpha value is -1.89. The first-order valence-electron chi connectivity index (χ1n) is 7.77. The highest BCUT2D eigenvalue weighted by Gasteiger charge is 2.42. The third kappa shape index (κ3) is 4.86. The van der Waals surface area contributed by atoms with Gasteiger partial charge in [0, 0.05) is 12.3 Å². The Morgan fingerprint density at radius 1 is 1.24 bits per heavy atom. The fourth-order valence-electron chi connectivity index (χ4n) is 2.68. The first-order valence-corrected chi connectivity index (χ1v) is 7.77. The zero-order chi connectivity index (χ0) is 15.1. The zero-order valence-electron chi connectivity index (χ0n) is 12.8. The van der Waals surface area contributed by atoms with Crippen molar-refractivity contribution in [2.75, 3.05) is 0 Å². The molecule has 0 bridgehead atoms. The van der Waals surface area contributed by atoms with Crippen molar-refractivity contribution in [3.63, 3.8) is 0 Å². The van der Waals surface area contributed by atoms with Gasteiger partial charge in [0.1, 0.15) is 5.78 Å². The number of rotatable bonds is 8. The average Bonchev–Trinajstić information content (AvgIpc) is 3.29. The molecular formula is C20H24O. The van der Waals surface area contributed by atoms with E-state index in [2.05, 4.69) is 30.8 Å². The van der Waals surface area contributed by atoms with Gasteiger partial charge in [-0.05, 0) is 37.7 Å². The first kappa shape index (κ1) is 15.5. The van der Waals surface area contributed by atoms with Crippen LogP contribution in [0.3, 0.4) is 0 Å². The minimum atomic E-state index is 0.263. The second kappa shape index (κ2) is 7.78. The van der Waals surface area contributed by atoms with Crippen LogP contribution in [0.5, 0.6) is 0 Å². The molecular weight excluding hydrogens is 256 g/mol. The summed E-state index contributed by atoms with van der Waals surface area (Å²) in [5.41, 5.74) is 2.41. The standard InChI is InChI=1S/C20H24O/c1-3-4-6-10-16(2)11-9-14-20(21)19-15-18(19)17-12-7-5-8-13-17/h3-8,10,12-13,18-19H,2,9,11,14-15H2,1H3/b4-3-,10-6-. The highest BCUT2D eigenvalue weighted by molar-refractivity contribution is 5.85. The molecule has 1 aliphatic rings. The van der Waals surface area contributed by atoms with Crippen LogP contribution < -0.4 is 0 Å². The predicted octanol–water partition coefficient (Wildman–Crippen LogP) is 5.22. The minimum Gasteiger partial charge on any atom is -0.299 e. The number of hydrogen-bond donors (Lipinski definition) is 0. The Morgan fingerprint density at radius 2 is 2.00 bits per heavy atom. The van der Waals surface area contributed by atoms with E-state index < -0.39 is 0 Å². The van der Waals surface area contributed by atoms with Gasteiger partial charge in [-0.2, -0.15) is 0 Å². The fraction of sp³-hybridized carbons (Fsp3) is 0.350. The van der Waals surface area contributed by atoms with Crippen molar-refractivity contribution in [2.24, 2.45) is 5.92 Å². The molecule has 0 aliphatic heterocycles. The first-order chi connectivity index (χ1) is 10.2. The van der Waals surface area contributed by atoms with Crippen LogP contribution in [0.2, 0.25) is 0 Å². The summed E-state index contributed by atoms with van der Waals surface area (Å²) in [7, 11) is 0. The van der Waals surface area contributed by atoms with Crippen LogP contribution in [-0.4, -0.2) is 5.78 Å². The van der Waals surface area contributed by atoms with E-state index in [1.165, 1.54) is 5.56 Å². The van der Waals surface area contributed by atoms with Crippen molar-refractivity contribution in [3.05, 3.63) is 72.4 Å². The Bertz CT molecular complexity index is 536. The maximum atomic E-state index is 12.2. The summed E-state index contributed by atoms with van der Waals surface area (Å²) in [6.07, 6.45) is 11.5. The van der Waals surface area contributed by atoms with E-state index in [0.29, 0.717) is 18.1 Å². The fourth-order valence-corrected chi connectivity index (χ4v) is 2.68. The SMILES string of the molecule is C=C(/C=C\C=C/C)CCCC(=O)C1CC1c1ccccc1. The molecule has 0 N–H and O–H groups in total. The topological polar surface area (TPSA) is 17.1 Å². The number of benzene rings is 1. The van der Waals surface area contributed by atoms with E-state index >= 15 is 0 Å². The molecule has 1 heteroatoms.